The summed E-state index contributed by atoms with van der Waals surface area (Å²) in [6.07, 6.45) is 9.54. The van der Waals surface area contributed by atoms with E-state index in [1.165, 1.54) is 12.5 Å². The van der Waals surface area contributed by atoms with Crippen LogP contribution >= 0.6 is 0 Å². The van der Waals surface area contributed by atoms with Gasteiger partial charge >= 0.3 is 0 Å². The third-order valence-corrected chi connectivity index (χ3v) is 7.09. The molecule has 2 aromatic rings. The van der Waals surface area contributed by atoms with E-state index in [9.17, 15) is 14.7 Å². The highest BCUT2D eigenvalue weighted by Crippen LogP contribution is 2.31. The molecular weight excluding hydrogens is 456 g/mol. The summed E-state index contributed by atoms with van der Waals surface area (Å²) in [4.78, 5) is 28.2. The normalized spacial score (nSPS) is 17.8. The van der Waals surface area contributed by atoms with E-state index >= 15 is 0 Å². The van der Waals surface area contributed by atoms with Crippen LogP contribution in [0.5, 0.6) is 5.75 Å². The third kappa shape index (κ3) is 6.55. The second-order valence-electron chi connectivity index (χ2n) is 10.8. The molecule has 1 unspecified atom stereocenters. The summed E-state index contributed by atoms with van der Waals surface area (Å²) < 4.78 is 7.70. The van der Waals surface area contributed by atoms with Gasteiger partial charge in [-0.2, -0.15) is 5.10 Å². The molecule has 2 aliphatic rings. The van der Waals surface area contributed by atoms with Crippen LogP contribution in [0.3, 0.4) is 0 Å². The van der Waals surface area contributed by atoms with Gasteiger partial charge in [0.25, 0.3) is 5.91 Å². The Morgan fingerprint density at radius 3 is 2.69 bits per heavy atom. The zero-order chi connectivity index (χ0) is 25.9. The van der Waals surface area contributed by atoms with Crippen LogP contribution in [0, 0.1) is 19.8 Å². The van der Waals surface area contributed by atoms with Gasteiger partial charge in [-0.25, -0.2) is 0 Å². The van der Waals surface area contributed by atoms with Gasteiger partial charge in [0, 0.05) is 18.3 Å². The van der Waals surface area contributed by atoms with Gasteiger partial charge < -0.3 is 20.1 Å². The monoisotopic (exact) mass is 494 g/mol. The van der Waals surface area contributed by atoms with Crippen molar-refractivity contribution in [1.82, 2.24) is 14.7 Å². The van der Waals surface area contributed by atoms with Gasteiger partial charge in [0.1, 0.15) is 17.6 Å². The van der Waals surface area contributed by atoms with Crippen LogP contribution in [0.25, 0.3) is 0 Å². The Morgan fingerprint density at radius 1 is 1.22 bits per heavy atom. The smallest absolute Gasteiger partial charge is 0.251 e. The van der Waals surface area contributed by atoms with Gasteiger partial charge in [0.2, 0.25) is 5.91 Å². The minimum Gasteiger partial charge on any atom is -0.459 e. The molecule has 1 saturated carbocycles. The molecule has 1 aliphatic heterocycles. The Labute approximate surface area is 213 Å². The molecule has 2 N–H and O–H groups in total. The predicted molar refractivity (Wildman–Crippen MR) is 138 cm³/mol. The number of ether oxygens (including phenoxy) is 1. The standard InChI is InChI=1S/C28H38N4O4/c1-19-9-8-12-24(20(19)2)36-22-16-26(33)32(17-22)23(15-21-10-6-5-7-11-21)27(34)29-25-13-14-31(30-25)18-28(3,4)35/h8-9,12-14,16,21,23,35H,5-7,10-11,15,17-18H2,1-4H3,(H,29,30,34). The molecule has 8 nitrogen and oxygen atoms in total. The van der Waals surface area contributed by atoms with Gasteiger partial charge in [-0.1, -0.05) is 44.2 Å². The fourth-order valence-electron chi connectivity index (χ4n) is 5.05. The zero-order valence-electron chi connectivity index (χ0n) is 21.8. The SMILES string of the molecule is Cc1cccc(OC2=CC(=O)N(C(CC3CCCCC3)C(=O)Nc3ccn(CC(C)(C)O)n3)C2)c1C. The van der Waals surface area contributed by atoms with E-state index in [2.05, 4.69) is 10.4 Å². The number of nitrogens with zero attached hydrogens (tertiary/aromatic N) is 3. The molecule has 0 saturated heterocycles. The molecule has 1 atom stereocenters. The highest BCUT2D eigenvalue weighted by Gasteiger charge is 2.36. The molecule has 2 heterocycles. The fraction of sp³-hybridized carbons (Fsp3) is 0.536. The highest BCUT2D eigenvalue weighted by molar-refractivity contribution is 5.99. The lowest BCUT2D eigenvalue weighted by Gasteiger charge is -2.31. The van der Waals surface area contributed by atoms with E-state index in [1.54, 1.807) is 35.7 Å². The number of aromatic nitrogens is 2. The molecule has 1 aliphatic carbocycles. The molecule has 1 aromatic heterocycles. The summed E-state index contributed by atoms with van der Waals surface area (Å²) in [6, 6.07) is 6.95. The number of anilines is 1. The van der Waals surface area contributed by atoms with E-state index in [4.69, 9.17) is 4.74 Å². The molecule has 36 heavy (non-hydrogen) atoms. The summed E-state index contributed by atoms with van der Waals surface area (Å²) in [5, 5.41) is 17.3. The van der Waals surface area contributed by atoms with Crippen LogP contribution in [0.15, 0.2) is 42.3 Å². The van der Waals surface area contributed by atoms with Crippen LogP contribution in [-0.2, 0) is 16.1 Å². The quantitative estimate of drug-likeness (QED) is 0.540. The van der Waals surface area contributed by atoms with Gasteiger partial charge in [0.05, 0.1) is 18.7 Å². The van der Waals surface area contributed by atoms with Crippen LogP contribution in [0.4, 0.5) is 5.82 Å². The molecule has 4 rings (SSSR count). The van der Waals surface area contributed by atoms with Crippen molar-refractivity contribution < 1.29 is 19.4 Å². The molecule has 1 aromatic carbocycles. The highest BCUT2D eigenvalue weighted by atomic mass is 16.5. The summed E-state index contributed by atoms with van der Waals surface area (Å²) in [5.41, 5.74) is 1.23. The largest absolute Gasteiger partial charge is 0.459 e. The molecule has 194 valence electrons. The number of carbonyl (C=O) groups excluding carboxylic acids is 2. The predicted octanol–water partition coefficient (Wildman–Crippen LogP) is 4.35. The molecule has 2 amide bonds. The van der Waals surface area contributed by atoms with Crippen molar-refractivity contribution in [3.8, 4) is 5.75 Å². The Kier molecular flexibility index (Phi) is 7.83. The van der Waals surface area contributed by atoms with Crippen molar-refractivity contribution in [3.63, 3.8) is 0 Å². The van der Waals surface area contributed by atoms with Crippen LogP contribution in [-0.4, -0.2) is 49.8 Å². The molecule has 8 heteroatoms. The average molecular weight is 495 g/mol. The number of rotatable bonds is 9. The van der Waals surface area contributed by atoms with Crippen LogP contribution in [0.1, 0.15) is 63.5 Å². The van der Waals surface area contributed by atoms with Crippen molar-refractivity contribution in [2.45, 2.75) is 84.4 Å². The number of nitrogens with one attached hydrogen (secondary N) is 1. The first-order valence-corrected chi connectivity index (χ1v) is 12.9. The average Bonchev–Trinajstić information content (AvgIpc) is 3.40. The van der Waals surface area contributed by atoms with Gasteiger partial charge in [0.15, 0.2) is 5.82 Å². The lowest BCUT2D eigenvalue weighted by atomic mass is 9.84. The number of aliphatic hydroxyl groups is 1. The van der Waals surface area contributed by atoms with Crippen molar-refractivity contribution in [2.24, 2.45) is 5.92 Å². The number of hydrogen-bond acceptors (Lipinski definition) is 5. The molecule has 0 spiro atoms. The minimum absolute atomic E-state index is 0.209. The summed E-state index contributed by atoms with van der Waals surface area (Å²) in [5.74, 6) is 1.62. The minimum atomic E-state index is -0.920. The summed E-state index contributed by atoms with van der Waals surface area (Å²) in [6.45, 7) is 7.99. The van der Waals surface area contributed by atoms with E-state index in [1.807, 2.05) is 32.0 Å². The maximum absolute atomic E-state index is 13.5. The number of amides is 2. The number of carbonyl (C=O) groups is 2. The van der Waals surface area contributed by atoms with E-state index in [0.717, 1.165) is 42.6 Å². The Balaban J connectivity index is 1.48. The maximum atomic E-state index is 13.5. The van der Waals surface area contributed by atoms with Crippen molar-refractivity contribution >= 4 is 17.6 Å². The Morgan fingerprint density at radius 2 is 1.97 bits per heavy atom. The fourth-order valence-corrected chi connectivity index (χ4v) is 5.05. The first-order chi connectivity index (χ1) is 17.1. The lowest BCUT2D eigenvalue weighted by molar-refractivity contribution is -0.134. The summed E-state index contributed by atoms with van der Waals surface area (Å²) in [7, 11) is 0. The second kappa shape index (κ2) is 10.9. The Hall–Kier alpha value is -3.13. The lowest BCUT2D eigenvalue weighted by Crippen LogP contribution is -2.46. The van der Waals surface area contributed by atoms with Crippen LogP contribution < -0.4 is 10.1 Å². The first kappa shape index (κ1) is 25.9. The molecule has 1 fully saturated rings. The van der Waals surface area contributed by atoms with Gasteiger partial charge in [-0.15, -0.1) is 0 Å². The van der Waals surface area contributed by atoms with Gasteiger partial charge in [-0.05, 0) is 57.2 Å². The third-order valence-electron chi connectivity index (χ3n) is 7.09. The van der Waals surface area contributed by atoms with Crippen molar-refractivity contribution in [1.29, 1.82) is 0 Å². The van der Waals surface area contributed by atoms with E-state index in [0.29, 0.717) is 30.5 Å². The molecule has 0 bridgehead atoms. The van der Waals surface area contributed by atoms with Crippen molar-refractivity contribution in [3.05, 3.63) is 53.4 Å². The van der Waals surface area contributed by atoms with E-state index < -0.39 is 11.6 Å². The van der Waals surface area contributed by atoms with E-state index in [-0.39, 0.29) is 18.4 Å². The topological polar surface area (TPSA) is 96.7 Å². The number of hydrogen-bond donors (Lipinski definition) is 2. The Bertz CT molecular complexity index is 1120. The molecule has 0 radical (unpaired) electrons. The molecular formula is C28H38N4O4. The number of aryl methyl sites for hydroxylation is 1. The number of benzene rings is 1. The van der Waals surface area contributed by atoms with Crippen LogP contribution in [0.2, 0.25) is 0 Å². The second-order valence-corrected chi connectivity index (χ2v) is 10.8. The maximum Gasteiger partial charge on any atom is 0.251 e. The van der Waals surface area contributed by atoms with Gasteiger partial charge in [-0.3, -0.25) is 14.3 Å². The summed E-state index contributed by atoms with van der Waals surface area (Å²) >= 11 is 0. The first-order valence-electron chi connectivity index (χ1n) is 12.9. The van der Waals surface area contributed by atoms with Crippen molar-refractivity contribution in [2.75, 3.05) is 11.9 Å². The zero-order valence-corrected chi connectivity index (χ0v) is 21.8.